The second-order valence-electron chi connectivity index (χ2n) is 5.63. The predicted octanol–water partition coefficient (Wildman–Crippen LogP) is 1.59. The summed E-state index contributed by atoms with van der Waals surface area (Å²) in [4.78, 5) is 16.7. The van der Waals surface area contributed by atoms with Gasteiger partial charge < -0.3 is 9.80 Å². The Hall–Kier alpha value is -0.570. The van der Waals surface area contributed by atoms with Crippen LogP contribution in [0.3, 0.4) is 0 Å². The van der Waals surface area contributed by atoms with E-state index in [1.54, 1.807) is 0 Å². The van der Waals surface area contributed by atoms with Gasteiger partial charge in [-0.25, -0.2) is 0 Å². The minimum absolute atomic E-state index is 0.268. The van der Waals surface area contributed by atoms with Crippen molar-refractivity contribution in [2.24, 2.45) is 11.8 Å². The lowest BCUT2D eigenvalue weighted by molar-refractivity contribution is -0.138. The zero-order valence-electron chi connectivity index (χ0n) is 10.6. The summed E-state index contributed by atoms with van der Waals surface area (Å²) in [6.07, 6.45) is 4.74. The molecule has 2 saturated heterocycles. The van der Waals surface area contributed by atoms with Crippen LogP contribution in [0.25, 0.3) is 0 Å². The molecule has 16 heavy (non-hydrogen) atoms. The third-order valence-corrected chi connectivity index (χ3v) is 3.94. The third-order valence-electron chi connectivity index (χ3n) is 3.94. The number of carbonyl (C=O) groups excluding carboxylic acids is 1. The van der Waals surface area contributed by atoms with Crippen molar-refractivity contribution < 1.29 is 4.79 Å². The average molecular weight is 224 g/mol. The van der Waals surface area contributed by atoms with Crippen molar-refractivity contribution in [1.29, 1.82) is 0 Å². The van der Waals surface area contributed by atoms with Gasteiger partial charge in [-0.15, -0.1) is 0 Å². The summed E-state index contributed by atoms with van der Waals surface area (Å²) in [6, 6.07) is 0. The summed E-state index contributed by atoms with van der Waals surface area (Å²) in [5.74, 6) is 1.38. The molecule has 0 radical (unpaired) electrons. The lowest BCUT2D eigenvalue weighted by Gasteiger charge is -2.36. The van der Waals surface area contributed by atoms with E-state index in [1.165, 1.54) is 19.3 Å². The second kappa shape index (κ2) is 5.17. The van der Waals surface area contributed by atoms with Gasteiger partial charge in [-0.3, -0.25) is 4.79 Å². The first-order valence-electron chi connectivity index (χ1n) is 6.64. The topological polar surface area (TPSA) is 23.6 Å². The van der Waals surface area contributed by atoms with E-state index in [9.17, 15) is 4.79 Å². The predicted molar refractivity (Wildman–Crippen MR) is 65.2 cm³/mol. The standard InChI is InChI=1S/C13H24N2O/c1-11-5-3-8-15(9-11)13(16)12-6-4-7-14(2)10-12/h11-12H,3-10H2,1-2H3. The van der Waals surface area contributed by atoms with Gasteiger partial charge in [0.2, 0.25) is 5.91 Å². The molecule has 0 aromatic carbocycles. The lowest BCUT2D eigenvalue weighted by Crippen LogP contribution is -2.46. The molecule has 3 heteroatoms. The van der Waals surface area contributed by atoms with Crippen LogP contribution in [0.1, 0.15) is 32.6 Å². The maximum Gasteiger partial charge on any atom is 0.226 e. The number of rotatable bonds is 1. The van der Waals surface area contributed by atoms with Gasteiger partial charge in [0, 0.05) is 19.6 Å². The molecule has 92 valence electrons. The van der Waals surface area contributed by atoms with E-state index in [-0.39, 0.29) is 5.92 Å². The zero-order valence-corrected chi connectivity index (χ0v) is 10.6. The fourth-order valence-corrected chi connectivity index (χ4v) is 3.02. The monoisotopic (exact) mass is 224 g/mol. The van der Waals surface area contributed by atoms with E-state index in [1.807, 2.05) is 0 Å². The molecule has 0 aromatic rings. The molecule has 0 aromatic heterocycles. The molecular weight excluding hydrogens is 200 g/mol. The van der Waals surface area contributed by atoms with E-state index in [0.29, 0.717) is 11.8 Å². The highest BCUT2D eigenvalue weighted by Gasteiger charge is 2.29. The smallest absolute Gasteiger partial charge is 0.226 e. The summed E-state index contributed by atoms with van der Waals surface area (Å²) >= 11 is 0. The van der Waals surface area contributed by atoms with E-state index in [0.717, 1.165) is 32.6 Å². The summed E-state index contributed by atoms with van der Waals surface area (Å²) in [6.45, 7) is 6.35. The molecular formula is C13H24N2O. The Morgan fingerprint density at radius 1 is 1.12 bits per heavy atom. The van der Waals surface area contributed by atoms with Gasteiger partial charge in [0.1, 0.15) is 0 Å². The summed E-state index contributed by atoms with van der Waals surface area (Å²) in [5.41, 5.74) is 0. The molecule has 0 saturated carbocycles. The minimum atomic E-state index is 0.268. The Morgan fingerprint density at radius 3 is 2.56 bits per heavy atom. The van der Waals surface area contributed by atoms with Crippen LogP contribution < -0.4 is 0 Å². The summed E-state index contributed by atoms with van der Waals surface area (Å²) in [7, 11) is 2.12. The van der Waals surface area contributed by atoms with E-state index in [4.69, 9.17) is 0 Å². The Balaban J connectivity index is 1.90. The number of piperidine rings is 2. The quantitative estimate of drug-likeness (QED) is 0.675. The van der Waals surface area contributed by atoms with Crippen LogP contribution in [-0.4, -0.2) is 48.9 Å². The molecule has 2 heterocycles. The summed E-state index contributed by atoms with van der Waals surface area (Å²) in [5, 5.41) is 0. The highest BCUT2D eigenvalue weighted by atomic mass is 16.2. The van der Waals surface area contributed by atoms with Crippen molar-refractivity contribution in [3.63, 3.8) is 0 Å². The molecule has 2 rings (SSSR count). The fraction of sp³-hybridized carbons (Fsp3) is 0.923. The second-order valence-corrected chi connectivity index (χ2v) is 5.63. The number of amides is 1. The van der Waals surface area contributed by atoms with Crippen LogP contribution in [0.4, 0.5) is 0 Å². The fourth-order valence-electron chi connectivity index (χ4n) is 3.02. The Bertz CT molecular complexity index is 230. The molecule has 2 unspecified atom stereocenters. The van der Waals surface area contributed by atoms with Crippen molar-refractivity contribution in [2.45, 2.75) is 32.6 Å². The lowest BCUT2D eigenvalue weighted by atomic mass is 9.94. The summed E-state index contributed by atoms with van der Waals surface area (Å²) < 4.78 is 0. The number of nitrogens with zero attached hydrogens (tertiary/aromatic N) is 2. The number of carbonyl (C=O) groups is 1. The van der Waals surface area contributed by atoms with Crippen molar-refractivity contribution in [3.8, 4) is 0 Å². The number of hydrogen-bond acceptors (Lipinski definition) is 2. The number of likely N-dealkylation sites (tertiary alicyclic amines) is 2. The molecule has 0 aliphatic carbocycles. The highest BCUT2D eigenvalue weighted by molar-refractivity contribution is 5.79. The molecule has 2 atom stereocenters. The molecule has 2 fully saturated rings. The first-order valence-corrected chi connectivity index (χ1v) is 6.64. The Morgan fingerprint density at radius 2 is 1.88 bits per heavy atom. The molecule has 3 nitrogen and oxygen atoms in total. The van der Waals surface area contributed by atoms with E-state index in [2.05, 4.69) is 23.8 Å². The Labute approximate surface area is 98.8 Å². The van der Waals surface area contributed by atoms with Gasteiger partial charge >= 0.3 is 0 Å². The Kier molecular flexibility index (Phi) is 3.85. The minimum Gasteiger partial charge on any atom is -0.342 e. The van der Waals surface area contributed by atoms with Crippen LogP contribution >= 0.6 is 0 Å². The first-order chi connectivity index (χ1) is 7.66. The van der Waals surface area contributed by atoms with Gasteiger partial charge in [0.25, 0.3) is 0 Å². The first kappa shape index (κ1) is 11.9. The maximum atomic E-state index is 12.3. The van der Waals surface area contributed by atoms with Crippen molar-refractivity contribution in [2.75, 3.05) is 33.2 Å². The average Bonchev–Trinajstić information content (AvgIpc) is 2.28. The molecule has 0 bridgehead atoms. The normalized spacial score (nSPS) is 32.8. The molecule has 0 N–H and O–H groups in total. The van der Waals surface area contributed by atoms with Crippen LogP contribution in [0.5, 0.6) is 0 Å². The zero-order chi connectivity index (χ0) is 11.5. The van der Waals surface area contributed by atoms with E-state index >= 15 is 0 Å². The van der Waals surface area contributed by atoms with Crippen LogP contribution in [0.15, 0.2) is 0 Å². The molecule has 2 aliphatic heterocycles. The van der Waals surface area contributed by atoms with Crippen LogP contribution in [-0.2, 0) is 4.79 Å². The van der Waals surface area contributed by atoms with Gasteiger partial charge in [0.05, 0.1) is 5.92 Å². The third kappa shape index (κ3) is 2.76. The van der Waals surface area contributed by atoms with Gasteiger partial charge in [-0.1, -0.05) is 6.92 Å². The molecule has 1 amide bonds. The van der Waals surface area contributed by atoms with Crippen LogP contribution in [0, 0.1) is 11.8 Å². The van der Waals surface area contributed by atoms with E-state index < -0.39 is 0 Å². The van der Waals surface area contributed by atoms with Gasteiger partial charge in [0.15, 0.2) is 0 Å². The largest absolute Gasteiger partial charge is 0.342 e. The SMILES string of the molecule is CC1CCCN(C(=O)C2CCCN(C)C2)C1. The molecule has 0 spiro atoms. The number of hydrogen-bond donors (Lipinski definition) is 0. The maximum absolute atomic E-state index is 12.3. The highest BCUT2D eigenvalue weighted by Crippen LogP contribution is 2.22. The molecule has 2 aliphatic rings. The van der Waals surface area contributed by atoms with Crippen molar-refractivity contribution in [3.05, 3.63) is 0 Å². The van der Waals surface area contributed by atoms with Gasteiger partial charge in [-0.05, 0) is 45.2 Å². The van der Waals surface area contributed by atoms with Gasteiger partial charge in [-0.2, -0.15) is 0 Å². The van der Waals surface area contributed by atoms with Crippen molar-refractivity contribution in [1.82, 2.24) is 9.80 Å². The van der Waals surface area contributed by atoms with Crippen LogP contribution in [0.2, 0.25) is 0 Å². The van der Waals surface area contributed by atoms with Crippen molar-refractivity contribution >= 4 is 5.91 Å².